The lowest BCUT2D eigenvalue weighted by molar-refractivity contribution is -0.274. The number of ether oxygens (including phenoxy) is 1. The van der Waals surface area contributed by atoms with E-state index in [0.717, 1.165) is 12.1 Å². The fourth-order valence-corrected chi connectivity index (χ4v) is 1.12. The second kappa shape index (κ2) is 5.40. The Bertz CT molecular complexity index is 508. The van der Waals surface area contributed by atoms with Crippen LogP contribution in [0.5, 0.6) is 5.75 Å². The molecule has 0 saturated carbocycles. The fraction of sp³-hybridized carbons (Fsp3) is 0.333. The smallest absolute Gasteiger partial charge is 0.480 e. The lowest BCUT2D eigenvalue weighted by Crippen LogP contribution is -2.37. The summed E-state index contributed by atoms with van der Waals surface area (Å²) < 4.78 is 39.5. The monoisotopic (exact) mass is 291 g/mol. The number of alkyl halides is 3. The maximum absolute atomic E-state index is 11.9. The SMILES string of the molecule is CC(C)(C(=O)O)C(=O)Nc1ccc(OC(F)(F)F)cc1. The number of benzene rings is 1. The number of halogens is 3. The van der Waals surface area contributed by atoms with Gasteiger partial charge < -0.3 is 15.2 Å². The molecule has 0 saturated heterocycles. The van der Waals surface area contributed by atoms with E-state index < -0.39 is 29.4 Å². The fourth-order valence-electron chi connectivity index (χ4n) is 1.12. The Balaban J connectivity index is 2.76. The van der Waals surface area contributed by atoms with Crippen LogP contribution in [0, 0.1) is 5.41 Å². The van der Waals surface area contributed by atoms with Crippen LogP contribution in [0.3, 0.4) is 0 Å². The van der Waals surface area contributed by atoms with Gasteiger partial charge in [0.25, 0.3) is 0 Å². The average molecular weight is 291 g/mol. The molecule has 0 fully saturated rings. The highest BCUT2D eigenvalue weighted by atomic mass is 19.4. The van der Waals surface area contributed by atoms with Gasteiger partial charge in [-0.2, -0.15) is 0 Å². The van der Waals surface area contributed by atoms with E-state index in [1.807, 2.05) is 0 Å². The largest absolute Gasteiger partial charge is 0.573 e. The van der Waals surface area contributed by atoms with Crippen LogP contribution in [0.1, 0.15) is 13.8 Å². The summed E-state index contributed by atoms with van der Waals surface area (Å²) in [5.41, 5.74) is -1.49. The van der Waals surface area contributed by atoms with Gasteiger partial charge in [0, 0.05) is 5.69 Å². The Morgan fingerprint density at radius 3 is 2.05 bits per heavy atom. The van der Waals surface area contributed by atoms with Crippen LogP contribution in [0.15, 0.2) is 24.3 Å². The second-order valence-electron chi connectivity index (χ2n) is 4.46. The standard InChI is InChI=1S/C12H12F3NO4/c1-11(2,10(18)19)9(17)16-7-3-5-8(6-4-7)20-12(13,14)15/h3-6H,1-2H3,(H,16,17)(H,18,19). The quantitative estimate of drug-likeness (QED) is 0.836. The van der Waals surface area contributed by atoms with Crippen LogP contribution in [0.2, 0.25) is 0 Å². The first-order chi connectivity index (χ1) is 9.02. The Kier molecular flexibility index (Phi) is 4.26. The van der Waals surface area contributed by atoms with Crippen molar-refractivity contribution in [2.45, 2.75) is 20.2 Å². The number of carbonyl (C=O) groups excluding carboxylic acids is 1. The van der Waals surface area contributed by atoms with Gasteiger partial charge in [-0.1, -0.05) is 0 Å². The molecule has 1 aromatic rings. The van der Waals surface area contributed by atoms with Crippen molar-refractivity contribution in [3.05, 3.63) is 24.3 Å². The van der Waals surface area contributed by atoms with Gasteiger partial charge in [-0.15, -0.1) is 13.2 Å². The van der Waals surface area contributed by atoms with Crippen LogP contribution in [0.25, 0.3) is 0 Å². The van der Waals surface area contributed by atoms with Crippen LogP contribution >= 0.6 is 0 Å². The number of hydrogen-bond acceptors (Lipinski definition) is 3. The first kappa shape index (κ1) is 15.8. The van der Waals surface area contributed by atoms with E-state index in [-0.39, 0.29) is 5.69 Å². The molecule has 0 spiro atoms. The predicted octanol–water partition coefficient (Wildman–Crippen LogP) is 2.63. The number of aliphatic carboxylic acids is 1. The minimum absolute atomic E-state index is 0.166. The molecule has 1 aromatic carbocycles. The molecule has 0 aliphatic carbocycles. The van der Waals surface area contributed by atoms with Crippen molar-refractivity contribution < 1.29 is 32.6 Å². The molecule has 1 rings (SSSR count). The van der Waals surface area contributed by atoms with Gasteiger partial charge >= 0.3 is 12.3 Å². The summed E-state index contributed by atoms with van der Waals surface area (Å²) in [4.78, 5) is 22.5. The predicted molar refractivity (Wildman–Crippen MR) is 63.2 cm³/mol. The van der Waals surface area contributed by atoms with Crippen molar-refractivity contribution in [1.82, 2.24) is 0 Å². The van der Waals surface area contributed by atoms with E-state index in [9.17, 15) is 22.8 Å². The summed E-state index contributed by atoms with van der Waals surface area (Å²) >= 11 is 0. The lowest BCUT2D eigenvalue weighted by atomic mass is 9.92. The van der Waals surface area contributed by atoms with Gasteiger partial charge in [0.1, 0.15) is 11.2 Å². The first-order valence-electron chi connectivity index (χ1n) is 5.43. The number of rotatable bonds is 4. The van der Waals surface area contributed by atoms with Crippen LogP contribution in [-0.2, 0) is 9.59 Å². The molecule has 110 valence electrons. The first-order valence-corrected chi connectivity index (χ1v) is 5.43. The maximum Gasteiger partial charge on any atom is 0.573 e. The zero-order valence-corrected chi connectivity index (χ0v) is 10.6. The Labute approximate surface area is 112 Å². The van der Waals surface area contributed by atoms with Crippen LogP contribution < -0.4 is 10.1 Å². The van der Waals surface area contributed by atoms with Gasteiger partial charge in [-0.25, -0.2) is 0 Å². The zero-order chi connectivity index (χ0) is 15.6. The molecular weight excluding hydrogens is 279 g/mol. The summed E-state index contributed by atoms with van der Waals surface area (Å²) in [7, 11) is 0. The van der Waals surface area contributed by atoms with Crippen molar-refractivity contribution in [2.75, 3.05) is 5.32 Å². The molecule has 2 N–H and O–H groups in total. The second-order valence-corrected chi connectivity index (χ2v) is 4.46. The molecular formula is C12H12F3NO4. The number of anilines is 1. The molecule has 0 bridgehead atoms. The number of hydrogen-bond donors (Lipinski definition) is 2. The molecule has 0 atom stereocenters. The molecule has 5 nitrogen and oxygen atoms in total. The van der Waals surface area contributed by atoms with Crippen molar-refractivity contribution >= 4 is 17.6 Å². The minimum atomic E-state index is -4.80. The van der Waals surface area contributed by atoms with Gasteiger partial charge in [0.05, 0.1) is 0 Å². The maximum atomic E-state index is 11.9. The number of carboxylic acid groups (broad SMARTS) is 1. The van der Waals surface area contributed by atoms with Crippen LogP contribution in [0.4, 0.5) is 18.9 Å². The third-order valence-electron chi connectivity index (χ3n) is 2.45. The zero-order valence-electron chi connectivity index (χ0n) is 10.6. The van der Waals surface area contributed by atoms with Crippen molar-refractivity contribution in [2.24, 2.45) is 5.41 Å². The summed E-state index contributed by atoms with van der Waals surface area (Å²) in [5, 5.41) is 11.2. The number of carboxylic acids is 1. The van der Waals surface area contributed by atoms with Crippen molar-refractivity contribution in [3.63, 3.8) is 0 Å². The van der Waals surface area contributed by atoms with Gasteiger partial charge in [0.2, 0.25) is 5.91 Å². The summed E-state index contributed by atoms with van der Waals surface area (Å²) in [5.74, 6) is -2.53. The molecule has 8 heteroatoms. The van der Waals surface area contributed by atoms with E-state index in [4.69, 9.17) is 5.11 Å². The molecule has 0 radical (unpaired) electrons. The van der Waals surface area contributed by atoms with Crippen molar-refractivity contribution in [1.29, 1.82) is 0 Å². The van der Waals surface area contributed by atoms with Gasteiger partial charge in [0.15, 0.2) is 0 Å². The minimum Gasteiger partial charge on any atom is -0.480 e. The summed E-state index contributed by atoms with van der Waals surface area (Å²) in [6, 6.07) is 4.38. The highest BCUT2D eigenvalue weighted by molar-refractivity contribution is 6.07. The number of carbonyl (C=O) groups is 2. The molecule has 0 aliphatic rings. The van der Waals surface area contributed by atoms with E-state index in [0.29, 0.717) is 0 Å². The highest BCUT2D eigenvalue weighted by Crippen LogP contribution is 2.25. The Morgan fingerprint density at radius 2 is 1.65 bits per heavy atom. The topological polar surface area (TPSA) is 75.6 Å². The van der Waals surface area contributed by atoms with E-state index in [2.05, 4.69) is 10.1 Å². The Hall–Kier alpha value is -2.25. The molecule has 20 heavy (non-hydrogen) atoms. The molecule has 0 unspecified atom stereocenters. The third-order valence-corrected chi connectivity index (χ3v) is 2.45. The van der Waals surface area contributed by atoms with Crippen LogP contribution in [-0.4, -0.2) is 23.3 Å². The summed E-state index contributed by atoms with van der Waals surface area (Å²) in [6.45, 7) is 2.43. The normalized spacial score (nSPS) is 11.8. The van der Waals surface area contributed by atoms with Crippen molar-refractivity contribution in [3.8, 4) is 5.75 Å². The molecule has 0 heterocycles. The summed E-state index contributed by atoms with van der Waals surface area (Å²) in [6.07, 6.45) is -4.80. The number of amides is 1. The molecule has 0 aromatic heterocycles. The lowest BCUT2D eigenvalue weighted by Gasteiger charge is -2.18. The van der Waals surface area contributed by atoms with E-state index in [1.54, 1.807) is 0 Å². The number of nitrogens with one attached hydrogen (secondary N) is 1. The highest BCUT2D eigenvalue weighted by Gasteiger charge is 2.36. The average Bonchev–Trinajstić information content (AvgIpc) is 2.29. The van der Waals surface area contributed by atoms with E-state index >= 15 is 0 Å². The third kappa shape index (κ3) is 4.15. The van der Waals surface area contributed by atoms with Gasteiger partial charge in [-0.3, -0.25) is 9.59 Å². The van der Waals surface area contributed by atoms with E-state index in [1.165, 1.54) is 26.0 Å². The molecule has 0 aliphatic heterocycles. The Morgan fingerprint density at radius 1 is 1.15 bits per heavy atom. The molecule has 1 amide bonds. The van der Waals surface area contributed by atoms with Gasteiger partial charge in [-0.05, 0) is 38.1 Å².